The van der Waals surface area contributed by atoms with Gasteiger partial charge in [0.15, 0.2) is 0 Å². The molecule has 0 aliphatic heterocycles. The number of nitrogens with one attached hydrogen (secondary N) is 3. The van der Waals surface area contributed by atoms with Crippen LogP contribution in [0.25, 0.3) is 0 Å². The fourth-order valence-corrected chi connectivity index (χ4v) is 3.05. The van der Waals surface area contributed by atoms with Crippen LogP contribution in [0.2, 0.25) is 0 Å². The summed E-state index contributed by atoms with van der Waals surface area (Å²) in [5.74, 6) is -0.975. The Morgan fingerprint density at radius 1 is 1.12 bits per heavy atom. The molecule has 0 aliphatic carbocycles. The number of carbonyl (C=O) groups is 2. The molecule has 140 valence electrons. The number of carbonyl (C=O) groups excluding carboxylic acids is 2. The maximum Gasteiger partial charge on any atom is 0.241 e. The summed E-state index contributed by atoms with van der Waals surface area (Å²) >= 11 is 0. The number of hydrogen-bond donors (Lipinski definition) is 3. The van der Waals surface area contributed by atoms with E-state index in [1.54, 1.807) is 19.1 Å². The van der Waals surface area contributed by atoms with Gasteiger partial charge in [0.1, 0.15) is 0 Å². The minimum Gasteiger partial charge on any atom is -0.383 e. The van der Waals surface area contributed by atoms with E-state index >= 15 is 0 Å². The molecular formula is C16H25N3O5S. The third kappa shape index (κ3) is 7.20. The first-order chi connectivity index (χ1) is 11.7. The number of aryl methyl sites for hydroxylation is 2. The molecule has 0 radical (unpaired) electrons. The molecule has 1 unspecified atom stereocenters. The summed E-state index contributed by atoms with van der Waals surface area (Å²) in [6.45, 7) is 5.13. The monoisotopic (exact) mass is 371 g/mol. The van der Waals surface area contributed by atoms with Gasteiger partial charge < -0.3 is 15.4 Å². The maximum absolute atomic E-state index is 12.2. The van der Waals surface area contributed by atoms with Crippen LogP contribution in [-0.4, -0.2) is 53.1 Å². The first-order valence-electron chi connectivity index (χ1n) is 7.77. The van der Waals surface area contributed by atoms with Crippen molar-refractivity contribution in [1.29, 1.82) is 0 Å². The second-order valence-electron chi connectivity index (χ2n) is 5.77. The van der Waals surface area contributed by atoms with E-state index in [4.69, 9.17) is 4.74 Å². The molecular weight excluding hydrogens is 346 g/mol. The average Bonchev–Trinajstić information content (AvgIpc) is 2.53. The highest BCUT2D eigenvalue weighted by molar-refractivity contribution is 7.89. The zero-order chi connectivity index (χ0) is 19.0. The molecule has 0 saturated carbocycles. The highest BCUT2D eigenvalue weighted by Gasteiger charge is 2.16. The second-order valence-corrected chi connectivity index (χ2v) is 7.54. The van der Waals surface area contributed by atoms with Crippen LogP contribution < -0.4 is 15.4 Å². The maximum atomic E-state index is 12.2. The predicted molar refractivity (Wildman–Crippen MR) is 93.6 cm³/mol. The Bertz CT molecular complexity index is 718. The molecule has 1 rings (SSSR count). The zero-order valence-electron chi connectivity index (χ0n) is 14.9. The molecule has 25 heavy (non-hydrogen) atoms. The van der Waals surface area contributed by atoms with Crippen molar-refractivity contribution in [3.8, 4) is 0 Å². The molecule has 2 amide bonds. The Hall–Kier alpha value is -1.97. The van der Waals surface area contributed by atoms with Crippen molar-refractivity contribution in [1.82, 2.24) is 15.4 Å². The van der Waals surface area contributed by atoms with Crippen molar-refractivity contribution < 1.29 is 22.7 Å². The number of hydrogen-bond acceptors (Lipinski definition) is 5. The van der Waals surface area contributed by atoms with Crippen LogP contribution in [0.15, 0.2) is 23.1 Å². The van der Waals surface area contributed by atoms with Crippen molar-refractivity contribution >= 4 is 21.8 Å². The number of rotatable bonds is 9. The van der Waals surface area contributed by atoms with Crippen molar-refractivity contribution in [2.24, 2.45) is 0 Å². The summed E-state index contributed by atoms with van der Waals surface area (Å²) in [6.07, 6.45) is 0. The minimum atomic E-state index is -3.79. The van der Waals surface area contributed by atoms with Gasteiger partial charge in [-0.25, -0.2) is 13.1 Å². The summed E-state index contributed by atoms with van der Waals surface area (Å²) < 4.78 is 31.4. The van der Waals surface area contributed by atoms with E-state index < -0.39 is 22.5 Å². The van der Waals surface area contributed by atoms with Crippen LogP contribution in [0.5, 0.6) is 0 Å². The summed E-state index contributed by atoms with van der Waals surface area (Å²) in [4.78, 5) is 23.4. The van der Waals surface area contributed by atoms with Crippen LogP contribution in [0, 0.1) is 13.8 Å². The van der Waals surface area contributed by atoms with Crippen molar-refractivity contribution in [3.05, 3.63) is 29.3 Å². The molecule has 0 saturated heterocycles. The normalized spacial score (nSPS) is 12.5. The van der Waals surface area contributed by atoms with Crippen LogP contribution in [0.3, 0.4) is 0 Å². The van der Waals surface area contributed by atoms with Crippen LogP contribution in [-0.2, 0) is 24.3 Å². The van der Waals surface area contributed by atoms with Gasteiger partial charge in [-0.15, -0.1) is 0 Å². The Kier molecular flexibility index (Phi) is 8.01. The molecule has 3 N–H and O–H groups in total. The number of amides is 2. The number of sulfonamides is 1. The predicted octanol–water partition coefficient (Wildman–Crippen LogP) is -0.151. The molecule has 8 nitrogen and oxygen atoms in total. The fourth-order valence-electron chi connectivity index (χ4n) is 1.98. The molecule has 0 aromatic heterocycles. The van der Waals surface area contributed by atoms with Gasteiger partial charge >= 0.3 is 0 Å². The average molecular weight is 371 g/mol. The van der Waals surface area contributed by atoms with E-state index in [0.29, 0.717) is 6.61 Å². The lowest BCUT2D eigenvalue weighted by Crippen LogP contribution is -2.44. The van der Waals surface area contributed by atoms with Crippen LogP contribution >= 0.6 is 0 Å². The Labute approximate surface area is 148 Å². The van der Waals surface area contributed by atoms with E-state index in [0.717, 1.165) is 11.1 Å². The lowest BCUT2D eigenvalue weighted by Gasteiger charge is -2.13. The lowest BCUT2D eigenvalue weighted by molar-refractivity contribution is -0.126. The van der Waals surface area contributed by atoms with E-state index in [2.05, 4.69) is 15.4 Å². The van der Waals surface area contributed by atoms with Crippen molar-refractivity contribution in [2.75, 3.05) is 26.8 Å². The van der Waals surface area contributed by atoms with Gasteiger partial charge in [-0.1, -0.05) is 6.07 Å². The highest BCUT2D eigenvalue weighted by Crippen LogP contribution is 2.14. The third-order valence-corrected chi connectivity index (χ3v) is 4.88. The SMILES string of the molecule is COCC(C)NC(=O)CNC(=O)CNS(=O)(=O)c1ccc(C)c(C)c1. The minimum absolute atomic E-state index is 0.0922. The standard InChI is InChI=1S/C16H25N3O5S/c1-11-5-6-14(7-12(11)2)25(22,23)18-9-15(20)17-8-16(21)19-13(3)10-24-4/h5-7,13,18H,8-10H2,1-4H3,(H,17,20)(H,19,21). The lowest BCUT2D eigenvalue weighted by atomic mass is 10.1. The van der Waals surface area contributed by atoms with Crippen LogP contribution in [0.1, 0.15) is 18.1 Å². The van der Waals surface area contributed by atoms with E-state index in [9.17, 15) is 18.0 Å². The summed E-state index contributed by atoms with van der Waals surface area (Å²) in [6, 6.07) is 4.54. The van der Waals surface area contributed by atoms with E-state index in [1.165, 1.54) is 13.2 Å². The van der Waals surface area contributed by atoms with E-state index in [1.807, 2.05) is 13.8 Å². The molecule has 1 aromatic rings. The molecule has 0 bridgehead atoms. The molecule has 1 atom stereocenters. The van der Waals surface area contributed by atoms with Gasteiger partial charge in [0.05, 0.1) is 24.6 Å². The largest absolute Gasteiger partial charge is 0.383 e. The van der Waals surface area contributed by atoms with Gasteiger partial charge in [-0.3, -0.25) is 9.59 Å². The quantitative estimate of drug-likeness (QED) is 0.559. The Morgan fingerprint density at radius 3 is 2.40 bits per heavy atom. The second kappa shape index (κ2) is 9.50. The van der Waals surface area contributed by atoms with Gasteiger partial charge in [0.2, 0.25) is 21.8 Å². The summed E-state index contributed by atoms with van der Waals surface area (Å²) in [7, 11) is -2.27. The zero-order valence-corrected chi connectivity index (χ0v) is 15.7. The molecule has 0 spiro atoms. The van der Waals surface area contributed by atoms with Gasteiger partial charge in [-0.2, -0.15) is 0 Å². The van der Waals surface area contributed by atoms with Gasteiger partial charge in [0.25, 0.3) is 0 Å². The molecule has 9 heteroatoms. The summed E-state index contributed by atoms with van der Waals surface area (Å²) in [5.41, 5.74) is 1.82. The smallest absolute Gasteiger partial charge is 0.241 e. The Balaban J connectivity index is 2.47. The topological polar surface area (TPSA) is 114 Å². The van der Waals surface area contributed by atoms with Gasteiger partial charge in [-0.05, 0) is 44.0 Å². The van der Waals surface area contributed by atoms with Crippen molar-refractivity contribution in [3.63, 3.8) is 0 Å². The van der Waals surface area contributed by atoms with Crippen LogP contribution in [0.4, 0.5) is 0 Å². The molecule has 0 aliphatic rings. The fraction of sp³-hybridized carbons (Fsp3) is 0.500. The summed E-state index contributed by atoms with van der Waals surface area (Å²) in [5, 5.41) is 4.98. The number of methoxy groups -OCH3 is 1. The van der Waals surface area contributed by atoms with E-state index in [-0.39, 0.29) is 23.4 Å². The number of benzene rings is 1. The number of ether oxygens (including phenoxy) is 1. The molecule has 0 heterocycles. The van der Waals surface area contributed by atoms with Gasteiger partial charge in [0, 0.05) is 13.2 Å². The Morgan fingerprint density at radius 2 is 1.80 bits per heavy atom. The third-order valence-electron chi connectivity index (χ3n) is 3.48. The molecule has 0 fully saturated rings. The first kappa shape index (κ1) is 21.1. The van der Waals surface area contributed by atoms with Crippen molar-refractivity contribution in [2.45, 2.75) is 31.7 Å². The highest BCUT2D eigenvalue weighted by atomic mass is 32.2. The molecule has 1 aromatic carbocycles. The first-order valence-corrected chi connectivity index (χ1v) is 9.26.